The van der Waals surface area contributed by atoms with Gasteiger partial charge in [0.2, 0.25) is 0 Å². The topological polar surface area (TPSA) is 61.5 Å². The molecule has 156 valence electrons. The first-order valence-corrected chi connectivity index (χ1v) is 10.7. The van der Waals surface area contributed by atoms with Crippen LogP contribution in [0, 0.1) is 5.92 Å². The van der Waals surface area contributed by atoms with Gasteiger partial charge in [-0.05, 0) is 56.6 Å². The first-order valence-electron chi connectivity index (χ1n) is 10.7. The van der Waals surface area contributed by atoms with Crippen LogP contribution in [0.4, 0.5) is 0 Å². The molecule has 1 N–H and O–H groups in total. The van der Waals surface area contributed by atoms with Crippen molar-refractivity contribution in [2.45, 2.75) is 25.0 Å². The fraction of sp³-hybridized carbons (Fsp3) is 0.417. The van der Waals surface area contributed by atoms with Crippen molar-refractivity contribution in [1.82, 2.24) is 19.8 Å². The number of aromatic amines is 1. The number of rotatable bonds is 5. The summed E-state index contributed by atoms with van der Waals surface area (Å²) in [6, 6.07) is 15.9. The fourth-order valence-electron chi connectivity index (χ4n) is 4.90. The molecule has 2 aliphatic rings. The van der Waals surface area contributed by atoms with Crippen molar-refractivity contribution in [3.63, 3.8) is 0 Å². The molecule has 1 spiro atoms. The highest BCUT2D eigenvalue weighted by Crippen LogP contribution is 2.39. The molecule has 2 saturated heterocycles. The van der Waals surface area contributed by atoms with Crippen molar-refractivity contribution < 1.29 is 9.53 Å². The molecule has 1 atom stereocenters. The summed E-state index contributed by atoms with van der Waals surface area (Å²) in [6.45, 7) is 3.93. The second kappa shape index (κ2) is 7.85. The minimum absolute atomic E-state index is 0.0823. The van der Waals surface area contributed by atoms with Crippen LogP contribution in [-0.2, 0) is 11.3 Å². The highest BCUT2D eigenvalue weighted by Gasteiger charge is 2.51. The monoisotopic (exact) mass is 404 g/mol. The molecular weight excluding hydrogens is 376 g/mol. The summed E-state index contributed by atoms with van der Waals surface area (Å²) in [5.41, 5.74) is 2.74. The Kier molecular flexibility index (Phi) is 5.05. The lowest BCUT2D eigenvalue weighted by atomic mass is 9.75. The Labute approximate surface area is 176 Å². The Morgan fingerprint density at radius 3 is 2.87 bits per heavy atom. The van der Waals surface area contributed by atoms with Crippen molar-refractivity contribution in [2.24, 2.45) is 5.92 Å². The smallest absolute Gasteiger partial charge is 0.270 e. The van der Waals surface area contributed by atoms with E-state index in [9.17, 15) is 4.79 Å². The van der Waals surface area contributed by atoms with Crippen LogP contribution in [0.2, 0.25) is 0 Å². The van der Waals surface area contributed by atoms with Gasteiger partial charge < -0.3 is 14.6 Å². The number of ether oxygens (including phenoxy) is 1. The number of carbonyl (C=O) groups excluding carboxylic acids is 1. The Bertz CT molecular complexity index is 993. The zero-order chi connectivity index (χ0) is 20.6. The molecule has 30 heavy (non-hydrogen) atoms. The number of aromatic nitrogens is 2. The lowest BCUT2D eigenvalue weighted by molar-refractivity contribution is -0.0770. The van der Waals surface area contributed by atoms with E-state index >= 15 is 0 Å². The lowest BCUT2D eigenvalue weighted by Gasteiger charge is -2.58. The Morgan fingerprint density at radius 2 is 2.07 bits per heavy atom. The van der Waals surface area contributed by atoms with Crippen molar-refractivity contribution in [1.29, 1.82) is 0 Å². The SMILES string of the molecule is CN1CC[C@H](COCc2ccccn2)CC12CN(C(=O)c1cc3ccccc3[nH]1)C2. The number of nitrogens with zero attached hydrogens (tertiary/aromatic N) is 3. The van der Waals surface area contributed by atoms with E-state index in [0.29, 0.717) is 18.2 Å². The van der Waals surface area contributed by atoms with Gasteiger partial charge in [-0.25, -0.2) is 0 Å². The number of H-pyrrole nitrogens is 1. The minimum atomic E-state index is 0.0823. The van der Waals surface area contributed by atoms with Gasteiger partial charge in [0.25, 0.3) is 5.91 Å². The fourth-order valence-corrected chi connectivity index (χ4v) is 4.90. The maximum Gasteiger partial charge on any atom is 0.270 e. The molecule has 2 fully saturated rings. The molecular formula is C24H28N4O2. The Balaban J connectivity index is 1.18. The third-order valence-corrected chi connectivity index (χ3v) is 6.70. The van der Waals surface area contributed by atoms with Crippen LogP contribution in [0.3, 0.4) is 0 Å². The van der Waals surface area contributed by atoms with Crippen LogP contribution < -0.4 is 0 Å². The number of likely N-dealkylation sites (N-methyl/N-ethyl adjacent to an activating group) is 1. The van der Waals surface area contributed by atoms with E-state index in [1.165, 1.54) is 0 Å². The van der Waals surface area contributed by atoms with Crippen molar-refractivity contribution in [2.75, 3.05) is 33.3 Å². The molecule has 4 heterocycles. The molecule has 0 aliphatic carbocycles. The van der Waals surface area contributed by atoms with Gasteiger partial charge in [-0.2, -0.15) is 0 Å². The largest absolute Gasteiger partial charge is 0.375 e. The number of hydrogen-bond acceptors (Lipinski definition) is 4. The number of pyridine rings is 1. The molecule has 2 aliphatic heterocycles. The summed E-state index contributed by atoms with van der Waals surface area (Å²) in [5.74, 6) is 0.619. The van der Waals surface area contributed by atoms with E-state index in [0.717, 1.165) is 55.7 Å². The number of amides is 1. The van der Waals surface area contributed by atoms with Gasteiger partial charge in [-0.3, -0.25) is 14.7 Å². The molecule has 5 rings (SSSR count). The Hall–Kier alpha value is -2.70. The minimum Gasteiger partial charge on any atom is -0.375 e. The molecule has 6 nitrogen and oxygen atoms in total. The predicted octanol–water partition coefficient (Wildman–Crippen LogP) is 3.32. The van der Waals surface area contributed by atoms with Gasteiger partial charge in [0.15, 0.2) is 0 Å². The predicted molar refractivity (Wildman–Crippen MR) is 116 cm³/mol. The summed E-state index contributed by atoms with van der Waals surface area (Å²) in [5, 5.41) is 1.08. The highest BCUT2D eigenvalue weighted by molar-refractivity contribution is 5.98. The molecule has 0 radical (unpaired) electrons. The number of piperidine rings is 1. The molecule has 0 bridgehead atoms. The van der Waals surface area contributed by atoms with Crippen LogP contribution in [0.5, 0.6) is 0 Å². The average Bonchev–Trinajstić information content (AvgIpc) is 3.18. The number of fused-ring (bicyclic) bond motifs is 1. The number of nitrogens with one attached hydrogen (secondary N) is 1. The van der Waals surface area contributed by atoms with Gasteiger partial charge >= 0.3 is 0 Å². The molecule has 1 aromatic carbocycles. The number of carbonyl (C=O) groups is 1. The second-order valence-corrected chi connectivity index (χ2v) is 8.77. The first kappa shape index (κ1) is 19.3. The summed E-state index contributed by atoms with van der Waals surface area (Å²) in [7, 11) is 2.19. The van der Waals surface area contributed by atoms with Crippen LogP contribution >= 0.6 is 0 Å². The number of benzene rings is 1. The molecule has 1 amide bonds. The van der Waals surface area contributed by atoms with Gasteiger partial charge in [0.1, 0.15) is 5.69 Å². The van der Waals surface area contributed by atoms with E-state index in [1.54, 1.807) is 6.20 Å². The van der Waals surface area contributed by atoms with Gasteiger partial charge in [-0.15, -0.1) is 0 Å². The number of para-hydroxylation sites is 1. The summed E-state index contributed by atoms with van der Waals surface area (Å²) < 4.78 is 5.97. The molecule has 0 saturated carbocycles. The van der Waals surface area contributed by atoms with E-state index < -0.39 is 0 Å². The third-order valence-electron chi connectivity index (χ3n) is 6.70. The van der Waals surface area contributed by atoms with Crippen LogP contribution in [0.1, 0.15) is 29.0 Å². The number of likely N-dealkylation sites (tertiary alicyclic amines) is 2. The first-order chi connectivity index (χ1) is 14.6. The summed E-state index contributed by atoms with van der Waals surface area (Å²) in [4.78, 5) is 25.0. The standard InChI is InChI=1S/C24H28N4O2/c1-27-11-9-18(14-30-15-20-7-4-5-10-25-20)13-24(27)16-28(17-24)23(29)22-12-19-6-2-3-8-21(19)26-22/h2-8,10,12,18,26H,9,11,13-17H2,1H3/t18-/m0/s1. The summed E-state index contributed by atoms with van der Waals surface area (Å²) >= 11 is 0. The van der Waals surface area contributed by atoms with E-state index in [4.69, 9.17) is 4.74 Å². The average molecular weight is 405 g/mol. The van der Waals surface area contributed by atoms with Crippen LogP contribution in [-0.4, -0.2) is 64.5 Å². The molecule has 3 aromatic rings. The van der Waals surface area contributed by atoms with Crippen LogP contribution in [0.25, 0.3) is 10.9 Å². The van der Waals surface area contributed by atoms with Gasteiger partial charge in [0, 0.05) is 30.2 Å². The zero-order valence-corrected chi connectivity index (χ0v) is 17.4. The maximum atomic E-state index is 13.0. The van der Waals surface area contributed by atoms with Crippen molar-refractivity contribution in [3.05, 3.63) is 66.1 Å². The molecule has 0 unspecified atom stereocenters. The van der Waals surface area contributed by atoms with Gasteiger partial charge in [0.05, 0.1) is 24.4 Å². The van der Waals surface area contributed by atoms with Crippen molar-refractivity contribution >= 4 is 16.8 Å². The lowest BCUT2D eigenvalue weighted by Crippen LogP contribution is -2.72. The second-order valence-electron chi connectivity index (χ2n) is 8.77. The molecule has 2 aromatic heterocycles. The quantitative estimate of drug-likeness (QED) is 0.709. The normalized spacial score (nSPS) is 21.1. The van der Waals surface area contributed by atoms with E-state index in [1.807, 2.05) is 53.4 Å². The van der Waals surface area contributed by atoms with Crippen molar-refractivity contribution in [3.8, 4) is 0 Å². The summed E-state index contributed by atoms with van der Waals surface area (Å²) in [6.07, 6.45) is 4.01. The maximum absolute atomic E-state index is 13.0. The molecule has 6 heteroatoms. The Morgan fingerprint density at radius 1 is 1.23 bits per heavy atom. The van der Waals surface area contributed by atoms with Crippen LogP contribution in [0.15, 0.2) is 54.7 Å². The van der Waals surface area contributed by atoms with E-state index in [-0.39, 0.29) is 11.4 Å². The third kappa shape index (κ3) is 3.61. The number of hydrogen-bond donors (Lipinski definition) is 1. The van der Waals surface area contributed by atoms with Gasteiger partial charge in [-0.1, -0.05) is 24.3 Å². The zero-order valence-electron chi connectivity index (χ0n) is 17.4. The van der Waals surface area contributed by atoms with E-state index in [2.05, 4.69) is 21.9 Å². The highest BCUT2D eigenvalue weighted by atomic mass is 16.5.